The van der Waals surface area contributed by atoms with Crippen LogP contribution in [0.4, 0.5) is 4.39 Å². The number of aliphatic hydroxyl groups excluding tert-OH is 1. The van der Waals surface area contributed by atoms with Gasteiger partial charge in [-0.05, 0) is 42.5 Å². The van der Waals surface area contributed by atoms with Crippen molar-refractivity contribution in [3.8, 4) is 0 Å². The standard InChI is InChI=1S/C12H18FNO/c1-9(6-10(7-14)8-15)11-2-4-12(13)5-3-11/h2-5,9-10,15H,6-8,14H2,1H3. The molecule has 0 aliphatic rings. The zero-order chi connectivity index (χ0) is 11.3. The molecular weight excluding hydrogens is 193 g/mol. The fourth-order valence-corrected chi connectivity index (χ4v) is 1.67. The summed E-state index contributed by atoms with van der Waals surface area (Å²) >= 11 is 0. The van der Waals surface area contributed by atoms with Crippen LogP contribution in [0.1, 0.15) is 24.8 Å². The highest BCUT2D eigenvalue weighted by atomic mass is 19.1. The topological polar surface area (TPSA) is 46.2 Å². The molecule has 0 amide bonds. The highest BCUT2D eigenvalue weighted by Gasteiger charge is 2.12. The van der Waals surface area contributed by atoms with Crippen molar-refractivity contribution in [1.82, 2.24) is 0 Å². The summed E-state index contributed by atoms with van der Waals surface area (Å²) in [6.07, 6.45) is 0.832. The quantitative estimate of drug-likeness (QED) is 0.781. The molecule has 0 fully saturated rings. The molecule has 2 atom stereocenters. The van der Waals surface area contributed by atoms with E-state index >= 15 is 0 Å². The van der Waals surface area contributed by atoms with Crippen LogP contribution in [0.5, 0.6) is 0 Å². The smallest absolute Gasteiger partial charge is 0.123 e. The normalized spacial score (nSPS) is 14.9. The largest absolute Gasteiger partial charge is 0.396 e. The van der Waals surface area contributed by atoms with Crippen molar-refractivity contribution >= 4 is 0 Å². The first kappa shape index (κ1) is 12.1. The molecule has 2 unspecified atom stereocenters. The first-order valence-electron chi connectivity index (χ1n) is 5.23. The second kappa shape index (κ2) is 5.83. The van der Waals surface area contributed by atoms with E-state index < -0.39 is 0 Å². The zero-order valence-electron chi connectivity index (χ0n) is 8.99. The Kier molecular flexibility index (Phi) is 4.72. The number of benzene rings is 1. The summed E-state index contributed by atoms with van der Waals surface area (Å²) in [5, 5.41) is 9.03. The van der Waals surface area contributed by atoms with Gasteiger partial charge in [0.05, 0.1) is 0 Å². The van der Waals surface area contributed by atoms with Crippen LogP contribution in [0.15, 0.2) is 24.3 Å². The van der Waals surface area contributed by atoms with E-state index in [4.69, 9.17) is 10.8 Å². The second-order valence-electron chi connectivity index (χ2n) is 3.97. The van der Waals surface area contributed by atoms with Crippen LogP contribution in [-0.4, -0.2) is 18.3 Å². The summed E-state index contributed by atoms with van der Waals surface area (Å²) in [6.45, 7) is 2.66. The van der Waals surface area contributed by atoms with Gasteiger partial charge in [0.15, 0.2) is 0 Å². The number of halogens is 1. The molecule has 15 heavy (non-hydrogen) atoms. The van der Waals surface area contributed by atoms with Gasteiger partial charge >= 0.3 is 0 Å². The molecular formula is C12H18FNO. The summed E-state index contributed by atoms with van der Waals surface area (Å²) in [5.74, 6) is 0.208. The number of hydrogen-bond donors (Lipinski definition) is 2. The Hall–Kier alpha value is -0.930. The summed E-state index contributed by atoms with van der Waals surface area (Å²) < 4.78 is 12.7. The number of rotatable bonds is 5. The predicted molar refractivity (Wildman–Crippen MR) is 59.1 cm³/mol. The third-order valence-corrected chi connectivity index (χ3v) is 2.72. The van der Waals surface area contributed by atoms with E-state index in [1.807, 2.05) is 0 Å². The molecule has 0 saturated heterocycles. The second-order valence-corrected chi connectivity index (χ2v) is 3.97. The Labute approximate surface area is 89.9 Å². The average molecular weight is 211 g/mol. The lowest BCUT2D eigenvalue weighted by Crippen LogP contribution is -2.20. The summed E-state index contributed by atoms with van der Waals surface area (Å²) in [4.78, 5) is 0. The Morgan fingerprint density at radius 2 is 1.93 bits per heavy atom. The SMILES string of the molecule is CC(CC(CN)CO)c1ccc(F)cc1. The van der Waals surface area contributed by atoms with E-state index in [2.05, 4.69) is 6.92 Å². The van der Waals surface area contributed by atoms with Gasteiger partial charge in [-0.1, -0.05) is 19.1 Å². The molecule has 0 aliphatic heterocycles. The fraction of sp³-hybridized carbons (Fsp3) is 0.500. The van der Waals surface area contributed by atoms with Crippen molar-refractivity contribution in [1.29, 1.82) is 0 Å². The summed E-state index contributed by atoms with van der Waals surface area (Å²) in [5.41, 5.74) is 6.60. The number of hydrogen-bond acceptors (Lipinski definition) is 2. The summed E-state index contributed by atoms with van der Waals surface area (Å²) in [6, 6.07) is 6.49. The van der Waals surface area contributed by atoms with Gasteiger partial charge in [-0.15, -0.1) is 0 Å². The first-order valence-corrected chi connectivity index (χ1v) is 5.23. The van der Waals surface area contributed by atoms with Gasteiger partial charge in [0.25, 0.3) is 0 Å². The maximum absolute atomic E-state index is 12.7. The average Bonchev–Trinajstić information content (AvgIpc) is 2.26. The third-order valence-electron chi connectivity index (χ3n) is 2.72. The number of nitrogens with two attached hydrogens (primary N) is 1. The number of aliphatic hydroxyl groups is 1. The predicted octanol–water partition coefficient (Wildman–Crippen LogP) is 1.89. The lowest BCUT2D eigenvalue weighted by Gasteiger charge is -2.17. The van der Waals surface area contributed by atoms with E-state index in [0.29, 0.717) is 12.5 Å². The zero-order valence-corrected chi connectivity index (χ0v) is 8.99. The molecule has 3 N–H and O–H groups in total. The van der Waals surface area contributed by atoms with Crippen molar-refractivity contribution in [3.63, 3.8) is 0 Å². The van der Waals surface area contributed by atoms with Crippen LogP contribution in [-0.2, 0) is 0 Å². The minimum absolute atomic E-state index is 0.113. The molecule has 0 saturated carbocycles. The van der Waals surface area contributed by atoms with Gasteiger partial charge < -0.3 is 10.8 Å². The van der Waals surface area contributed by atoms with Crippen molar-refractivity contribution in [3.05, 3.63) is 35.6 Å². The van der Waals surface area contributed by atoms with Gasteiger partial charge in [-0.2, -0.15) is 0 Å². The minimum atomic E-state index is -0.219. The maximum atomic E-state index is 12.7. The molecule has 0 aromatic heterocycles. The van der Waals surface area contributed by atoms with Crippen LogP contribution in [0.2, 0.25) is 0 Å². The van der Waals surface area contributed by atoms with Gasteiger partial charge in [-0.25, -0.2) is 4.39 Å². The molecule has 2 nitrogen and oxygen atoms in total. The molecule has 0 heterocycles. The lowest BCUT2D eigenvalue weighted by atomic mass is 9.90. The van der Waals surface area contributed by atoms with Gasteiger partial charge in [0, 0.05) is 6.61 Å². The lowest BCUT2D eigenvalue weighted by molar-refractivity contribution is 0.217. The van der Waals surface area contributed by atoms with E-state index in [1.165, 1.54) is 12.1 Å². The van der Waals surface area contributed by atoms with Crippen LogP contribution < -0.4 is 5.73 Å². The summed E-state index contributed by atoms with van der Waals surface area (Å²) in [7, 11) is 0. The monoisotopic (exact) mass is 211 g/mol. The van der Waals surface area contributed by atoms with E-state index in [1.54, 1.807) is 12.1 Å². The molecule has 0 radical (unpaired) electrons. The maximum Gasteiger partial charge on any atom is 0.123 e. The molecule has 84 valence electrons. The fourth-order valence-electron chi connectivity index (χ4n) is 1.67. The van der Waals surface area contributed by atoms with Gasteiger partial charge in [0.2, 0.25) is 0 Å². The van der Waals surface area contributed by atoms with Crippen LogP contribution >= 0.6 is 0 Å². The van der Waals surface area contributed by atoms with E-state index in [0.717, 1.165) is 12.0 Å². The van der Waals surface area contributed by atoms with Gasteiger partial charge in [0.1, 0.15) is 5.82 Å². The molecule has 0 bridgehead atoms. The van der Waals surface area contributed by atoms with Crippen LogP contribution in [0.3, 0.4) is 0 Å². The third kappa shape index (κ3) is 3.61. The molecule has 1 rings (SSSR count). The first-order chi connectivity index (χ1) is 7.17. The molecule has 0 spiro atoms. The Morgan fingerprint density at radius 1 is 1.33 bits per heavy atom. The Morgan fingerprint density at radius 3 is 2.40 bits per heavy atom. The van der Waals surface area contributed by atoms with E-state index in [9.17, 15) is 4.39 Å². The Balaban J connectivity index is 2.60. The Bertz CT molecular complexity index is 282. The van der Waals surface area contributed by atoms with Crippen molar-refractivity contribution in [2.24, 2.45) is 11.7 Å². The highest BCUT2D eigenvalue weighted by molar-refractivity contribution is 5.19. The van der Waals surface area contributed by atoms with Crippen molar-refractivity contribution in [2.75, 3.05) is 13.2 Å². The van der Waals surface area contributed by atoms with Gasteiger partial charge in [-0.3, -0.25) is 0 Å². The van der Waals surface area contributed by atoms with Crippen molar-refractivity contribution in [2.45, 2.75) is 19.3 Å². The molecule has 1 aromatic rings. The minimum Gasteiger partial charge on any atom is -0.396 e. The van der Waals surface area contributed by atoms with Crippen LogP contribution in [0, 0.1) is 11.7 Å². The van der Waals surface area contributed by atoms with Crippen molar-refractivity contribution < 1.29 is 9.50 Å². The molecule has 3 heteroatoms. The molecule has 0 aliphatic carbocycles. The highest BCUT2D eigenvalue weighted by Crippen LogP contribution is 2.22. The van der Waals surface area contributed by atoms with E-state index in [-0.39, 0.29) is 18.3 Å². The molecule has 1 aromatic carbocycles. The van der Waals surface area contributed by atoms with Crippen LogP contribution in [0.25, 0.3) is 0 Å².